The fraction of sp³-hybridized carbons (Fsp3) is 0.238. The lowest BCUT2D eigenvalue weighted by atomic mass is 10.1. The predicted octanol–water partition coefficient (Wildman–Crippen LogP) is 3.82. The smallest absolute Gasteiger partial charge is 0.221 e. The average molecular weight is 381 g/mol. The predicted molar refractivity (Wildman–Crippen MR) is 108 cm³/mol. The molecule has 0 radical (unpaired) electrons. The molecule has 0 unspecified atom stereocenters. The highest BCUT2D eigenvalue weighted by atomic mass is 16.5. The summed E-state index contributed by atoms with van der Waals surface area (Å²) in [6.45, 7) is 2.48. The van der Waals surface area contributed by atoms with Crippen LogP contribution in [0.2, 0.25) is 0 Å². The van der Waals surface area contributed by atoms with Crippen molar-refractivity contribution in [2.24, 2.45) is 0 Å². The van der Waals surface area contributed by atoms with Gasteiger partial charge in [-0.1, -0.05) is 0 Å². The maximum atomic E-state index is 5.99. The first-order valence-corrected chi connectivity index (χ1v) is 8.77. The zero-order chi connectivity index (χ0) is 20.1. The molecular formula is C21H23N3O4. The zero-order valence-electron chi connectivity index (χ0n) is 16.4. The average Bonchev–Trinajstić information content (AvgIpc) is 2.73. The number of ether oxygens (including phenoxy) is 4. The molecule has 0 aliphatic carbocycles. The van der Waals surface area contributed by atoms with E-state index in [4.69, 9.17) is 24.7 Å². The van der Waals surface area contributed by atoms with E-state index in [1.54, 1.807) is 27.4 Å². The van der Waals surface area contributed by atoms with E-state index in [9.17, 15) is 0 Å². The van der Waals surface area contributed by atoms with E-state index in [0.717, 1.165) is 11.1 Å². The highest BCUT2D eigenvalue weighted by Gasteiger charge is 2.14. The molecule has 7 heteroatoms. The molecule has 3 rings (SSSR count). The second-order valence-corrected chi connectivity index (χ2v) is 5.86. The molecule has 7 nitrogen and oxygen atoms in total. The number of hydrogen-bond acceptors (Lipinski definition) is 7. The van der Waals surface area contributed by atoms with Crippen LogP contribution in [0.4, 0.5) is 5.95 Å². The normalized spacial score (nSPS) is 10.4. The Morgan fingerprint density at radius 1 is 0.786 bits per heavy atom. The number of benzene rings is 2. The van der Waals surface area contributed by atoms with Crippen LogP contribution < -0.4 is 24.7 Å². The van der Waals surface area contributed by atoms with E-state index in [0.29, 0.717) is 41.0 Å². The molecule has 2 N–H and O–H groups in total. The molecule has 28 heavy (non-hydrogen) atoms. The molecule has 0 amide bonds. The van der Waals surface area contributed by atoms with E-state index in [1.807, 2.05) is 43.3 Å². The molecule has 0 atom stereocenters. The maximum absolute atomic E-state index is 5.99. The van der Waals surface area contributed by atoms with Gasteiger partial charge < -0.3 is 24.7 Å². The largest absolute Gasteiger partial charge is 0.497 e. The summed E-state index contributed by atoms with van der Waals surface area (Å²) in [5, 5.41) is 0. The Labute approximate surface area is 164 Å². The third-order valence-corrected chi connectivity index (χ3v) is 4.19. The summed E-state index contributed by atoms with van der Waals surface area (Å²) in [6, 6.07) is 13.0. The third-order valence-electron chi connectivity index (χ3n) is 4.19. The summed E-state index contributed by atoms with van der Waals surface area (Å²) in [5.41, 5.74) is 8.93. The molecule has 0 fully saturated rings. The molecule has 0 spiro atoms. The molecule has 0 saturated carbocycles. The second-order valence-electron chi connectivity index (χ2n) is 5.86. The first-order chi connectivity index (χ1) is 13.6. The van der Waals surface area contributed by atoms with E-state index in [-0.39, 0.29) is 5.95 Å². The molecule has 2 aromatic carbocycles. The minimum absolute atomic E-state index is 0.165. The number of aromatic nitrogens is 2. The summed E-state index contributed by atoms with van der Waals surface area (Å²) < 4.78 is 21.8. The lowest BCUT2D eigenvalue weighted by Crippen LogP contribution is -2.00. The highest BCUT2D eigenvalue weighted by molar-refractivity contribution is 5.74. The van der Waals surface area contributed by atoms with Crippen LogP contribution in [-0.2, 0) is 0 Å². The van der Waals surface area contributed by atoms with Crippen molar-refractivity contribution in [3.63, 3.8) is 0 Å². The Morgan fingerprint density at radius 2 is 1.54 bits per heavy atom. The third kappa shape index (κ3) is 3.93. The molecule has 0 bridgehead atoms. The summed E-state index contributed by atoms with van der Waals surface area (Å²) in [7, 11) is 4.80. The van der Waals surface area contributed by atoms with Gasteiger partial charge in [-0.05, 0) is 43.3 Å². The summed E-state index contributed by atoms with van der Waals surface area (Å²) in [6.07, 6.45) is 0. The van der Waals surface area contributed by atoms with Gasteiger partial charge in [0.1, 0.15) is 11.5 Å². The van der Waals surface area contributed by atoms with Gasteiger partial charge in [-0.25, -0.2) is 9.97 Å². The van der Waals surface area contributed by atoms with Gasteiger partial charge in [0.25, 0.3) is 0 Å². The van der Waals surface area contributed by atoms with Crippen molar-refractivity contribution in [1.82, 2.24) is 9.97 Å². The molecule has 146 valence electrons. The fourth-order valence-electron chi connectivity index (χ4n) is 2.86. The molecule has 1 aromatic heterocycles. The van der Waals surface area contributed by atoms with Crippen LogP contribution >= 0.6 is 0 Å². The van der Waals surface area contributed by atoms with Crippen LogP contribution in [0.15, 0.2) is 42.5 Å². The van der Waals surface area contributed by atoms with Crippen LogP contribution in [0.5, 0.6) is 23.0 Å². The van der Waals surface area contributed by atoms with E-state index < -0.39 is 0 Å². The van der Waals surface area contributed by atoms with Crippen LogP contribution in [-0.4, -0.2) is 37.9 Å². The fourth-order valence-corrected chi connectivity index (χ4v) is 2.86. The number of methoxy groups -OCH3 is 3. The molecule has 1 heterocycles. The van der Waals surface area contributed by atoms with Gasteiger partial charge in [-0.2, -0.15) is 0 Å². The minimum atomic E-state index is 0.165. The molecule has 3 aromatic rings. The van der Waals surface area contributed by atoms with Gasteiger partial charge in [-0.3, -0.25) is 0 Å². The number of anilines is 1. The van der Waals surface area contributed by atoms with Crippen molar-refractivity contribution in [3.8, 4) is 45.5 Å². The quantitative estimate of drug-likeness (QED) is 0.665. The lowest BCUT2D eigenvalue weighted by molar-refractivity contribution is 0.311. The monoisotopic (exact) mass is 381 g/mol. The number of rotatable bonds is 7. The standard InChI is InChI=1S/C21H23N3O4/c1-5-28-18-9-6-13(10-20(18)27-4)16-12-17(24-21(22)23-16)15-8-7-14(25-2)11-19(15)26-3/h6-12H,5H2,1-4H3,(H2,22,23,24). The van der Waals surface area contributed by atoms with Gasteiger partial charge in [0.15, 0.2) is 11.5 Å². The summed E-state index contributed by atoms with van der Waals surface area (Å²) in [4.78, 5) is 8.75. The Balaban J connectivity index is 2.08. The number of nitrogens with zero attached hydrogens (tertiary/aromatic N) is 2. The first-order valence-electron chi connectivity index (χ1n) is 8.77. The molecule has 0 aliphatic heterocycles. The summed E-state index contributed by atoms with van der Waals surface area (Å²) >= 11 is 0. The molecule has 0 aliphatic rings. The van der Waals surface area contributed by atoms with E-state index >= 15 is 0 Å². The Kier molecular flexibility index (Phi) is 5.84. The number of hydrogen-bond donors (Lipinski definition) is 1. The van der Waals surface area contributed by atoms with Crippen molar-refractivity contribution < 1.29 is 18.9 Å². The van der Waals surface area contributed by atoms with Gasteiger partial charge >= 0.3 is 0 Å². The number of nitrogen functional groups attached to an aromatic ring is 1. The van der Waals surface area contributed by atoms with Crippen molar-refractivity contribution in [2.45, 2.75) is 6.92 Å². The van der Waals surface area contributed by atoms with Crippen molar-refractivity contribution >= 4 is 5.95 Å². The van der Waals surface area contributed by atoms with Gasteiger partial charge in [-0.15, -0.1) is 0 Å². The SMILES string of the molecule is CCOc1ccc(-c2cc(-c3ccc(OC)cc3OC)nc(N)n2)cc1OC. The second kappa shape index (κ2) is 8.47. The lowest BCUT2D eigenvalue weighted by Gasteiger charge is -2.13. The Hall–Kier alpha value is -3.48. The Morgan fingerprint density at radius 3 is 2.21 bits per heavy atom. The van der Waals surface area contributed by atoms with Gasteiger partial charge in [0.2, 0.25) is 5.95 Å². The zero-order valence-corrected chi connectivity index (χ0v) is 16.4. The molecule has 0 saturated heterocycles. The first kappa shape index (κ1) is 19.3. The van der Waals surface area contributed by atoms with Gasteiger partial charge in [0, 0.05) is 17.2 Å². The Bertz CT molecular complexity index is 976. The summed E-state index contributed by atoms with van der Waals surface area (Å²) in [5.74, 6) is 2.79. The minimum Gasteiger partial charge on any atom is -0.497 e. The molecular weight excluding hydrogens is 358 g/mol. The van der Waals surface area contributed by atoms with Crippen LogP contribution in [0.25, 0.3) is 22.5 Å². The van der Waals surface area contributed by atoms with Crippen molar-refractivity contribution in [3.05, 3.63) is 42.5 Å². The van der Waals surface area contributed by atoms with E-state index in [1.165, 1.54) is 0 Å². The number of nitrogens with two attached hydrogens (primary N) is 1. The van der Waals surface area contributed by atoms with Crippen molar-refractivity contribution in [2.75, 3.05) is 33.7 Å². The van der Waals surface area contributed by atoms with E-state index in [2.05, 4.69) is 9.97 Å². The van der Waals surface area contributed by atoms with Crippen LogP contribution in [0, 0.1) is 0 Å². The van der Waals surface area contributed by atoms with Crippen LogP contribution in [0.1, 0.15) is 6.92 Å². The maximum Gasteiger partial charge on any atom is 0.221 e. The van der Waals surface area contributed by atoms with Gasteiger partial charge in [0.05, 0.1) is 39.3 Å². The highest BCUT2D eigenvalue weighted by Crippen LogP contribution is 2.36. The van der Waals surface area contributed by atoms with Crippen molar-refractivity contribution in [1.29, 1.82) is 0 Å². The topological polar surface area (TPSA) is 88.7 Å². The van der Waals surface area contributed by atoms with Crippen LogP contribution in [0.3, 0.4) is 0 Å².